The van der Waals surface area contributed by atoms with Gasteiger partial charge >= 0.3 is 0 Å². The van der Waals surface area contributed by atoms with Crippen LogP contribution in [0.2, 0.25) is 0 Å². The number of carbonyl (C=O) groups is 1. The molecular formula is C20H29IN6O4S. The molecule has 0 spiro atoms. The van der Waals surface area contributed by atoms with Crippen molar-refractivity contribution in [2.45, 2.75) is 19.2 Å². The van der Waals surface area contributed by atoms with Gasteiger partial charge in [0, 0.05) is 51.4 Å². The van der Waals surface area contributed by atoms with Crippen LogP contribution >= 0.6 is 24.0 Å². The topological polar surface area (TPSA) is 120 Å². The number of hydrogen-bond donors (Lipinski definition) is 2. The van der Waals surface area contributed by atoms with Gasteiger partial charge < -0.3 is 20.1 Å². The van der Waals surface area contributed by atoms with Crippen LogP contribution in [0, 0.1) is 0 Å². The van der Waals surface area contributed by atoms with Crippen LogP contribution in [0.3, 0.4) is 0 Å². The molecule has 0 bridgehead atoms. The van der Waals surface area contributed by atoms with Gasteiger partial charge in [0.25, 0.3) is 5.91 Å². The Balaban J connectivity index is 0.00000363. The predicted molar refractivity (Wildman–Crippen MR) is 132 cm³/mol. The van der Waals surface area contributed by atoms with Gasteiger partial charge in [-0.1, -0.05) is 17.3 Å². The quantitative estimate of drug-likeness (QED) is 0.290. The van der Waals surface area contributed by atoms with Crippen LogP contribution in [-0.2, 0) is 22.3 Å². The number of nitrogens with one attached hydrogen (secondary N) is 2. The zero-order valence-electron chi connectivity index (χ0n) is 18.2. The van der Waals surface area contributed by atoms with E-state index in [1.54, 1.807) is 19.2 Å². The van der Waals surface area contributed by atoms with Crippen molar-refractivity contribution in [1.29, 1.82) is 0 Å². The average Bonchev–Trinajstić information content (AvgIpc) is 3.28. The monoisotopic (exact) mass is 576 g/mol. The van der Waals surface area contributed by atoms with Crippen molar-refractivity contribution in [2.75, 3.05) is 39.8 Å². The summed E-state index contributed by atoms with van der Waals surface area (Å²) in [6.45, 7) is 4.90. The minimum absolute atomic E-state index is 0. The molecule has 1 fully saturated rings. The maximum absolute atomic E-state index is 12.6. The molecule has 0 atom stereocenters. The van der Waals surface area contributed by atoms with E-state index in [4.69, 9.17) is 9.52 Å². The molecule has 12 heteroatoms. The summed E-state index contributed by atoms with van der Waals surface area (Å²) in [7, 11) is -1.85. The first-order valence-electron chi connectivity index (χ1n) is 10.1. The summed E-state index contributed by atoms with van der Waals surface area (Å²) in [5.41, 5.74) is 1.91. The van der Waals surface area contributed by atoms with E-state index in [0.29, 0.717) is 50.5 Å². The highest BCUT2D eigenvalue weighted by molar-refractivity contribution is 14.0. The number of hydrogen-bond acceptors (Lipinski definition) is 6. The molecule has 2 aromatic rings. The SMILES string of the molecule is CCNC(=NCc1cccc(C(=O)NC)c1)N1CCN(S(=O)(=O)Cc2ccon2)CC1.I. The Labute approximate surface area is 205 Å². The smallest absolute Gasteiger partial charge is 0.251 e. The Morgan fingerprint density at radius 1 is 1.22 bits per heavy atom. The van der Waals surface area contributed by atoms with Crippen LogP contribution in [0.15, 0.2) is 46.1 Å². The lowest BCUT2D eigenvalue weighted by atomic mass is 10.1. The highest BCUT2D eigenvalue weighted by Crippen LogP contribution is 2.13. The minimum Gasteiger partial charge on any atom is -0.364 e. The Bertz CT molecular complexity index is 1000. The van der Waals surface area contributed by atoms with Crippen LogP contribution in [0.5, 0.6) is 0 Å². The molecule has 2 N–H and O–H groups in total. The third kappa shape index (κ3) is 6.90. The Morgan fingerprint density at radius 2 is 1.97 bits per heavy atom. The number of piperazine rings is 1. The molecule has 1 saturated heterocycles. The Kier molecular flexibility index (Phi) is 9.90. The van der Waals surface area contributed by atoms with E-state index in [0.717, 1.165) is 11.5 Å². The molecule has 0 aliphatic carbocycles. The fraction of sp³-hybridized carbons (Fsp3) is 0.450. The van der Waals surface area contributed by atoms with Gasteiger partial charge in [0.05, 0.1) is 12.2 Å². The van der Waals surface area contributed by atoms with Crippen molar-refractivity contribution in [1.82, 2.24) is 25.0 Å². The molecular weight excluding hydrogens is 547 g/mol. The highest BCUT2D eigenvalue weighted by Gasteiger charge is 2.29. The van der Waals surface area contributed by atoms with Crippen molar-refractivity contribution >= 4 is 45.9 Å². The van der Waals surface area contributed by atoms with Crippen molar-refractivity contribution in [3.05, 3.63) is 53.4 Å². The predicted octanol–water partition coefficient (Wildman–Crippen LogP) is 1.27. The number of carbonyl (C=O) groups excluding carboxylic acids is 1. The van der Waals surface area contributed by atoms with E-state index in [9.17, 15) is 13.2 Å². The number of halogens is 1. The van der Waals surface area contributed by atoms with Gasteiger partial charge in [0.1, 0.15) is 12.0 Å². The number of rotatable bonds is 7. The Hall–Kier alpha value is -2.19. The largest absolute Gasteiger partial charge is 0.364 e. The summed E-state index contributed by atoms with van der Waals surface area (Å²) in [6.07, 6.45) is 1.37. The molecule has 3 rings (SSSR count). The first kappa shape index (κ1) is 26.1. The second kappa shape index (κ2) is 12.2. The molecule has 2 heterocycles. The van der Waals surface area contributed by atoms with Crippen molar-refractivity contribution < 1.29 is 17.7 Å². The zero-order valence-corrected chi connectivity index (χ0v) is 21.3. The van der Waals surface area contributed by atoms with Gasteiger partial charge in [-0.3, -0.25) is 4.79 Å². The van der Waals surface area contributed by atoms with Crippen molar-refractivity contribution in [3.63, 3.8) is 0 Å². The average molecular weight is 576 g/mol. The normalized spacial score (nSPS) is 15.2. The number of benzene rings is 1. The van der Waals surface area contributed by atoms with Gasteiger partial charge in [-0.25, -0.2) is 13.4 Å². The molecule has 0 radical (unpaired) electrons. The maximum Gasteiger partial charge on any atom is 0.251 e. The maximum atomic E-state index is 12.6. The van der Waals surface area contributed by atoms with E-state index < -0.39 is 10.0 Å². The number of nitrogens with zero attached hydrogens (tertiary/aromatic N) is 4. The van der Waals surface area contributed by atoms with Crippen LogP contribution in [0.1, 0.15) is 28.5 Å². The van der Waals surface area contributed by atoms with Gasteiger partial charge in [0.15, 0.2) is 5.96 Å². The molecule has 176 valence electrons. The summed E-state index contributed by atoms with van der Waals surface area (Å²) in [5.74, 6) is 0.418. The number of guanidine groups is 1. The molecule has 1 aromatic carbocycles. The molecule has 1 amide bonds. The number of aliphatic imine (C=N–C) groups is 1. The van der Waals surface area contributed by atoms with Crippen LogP contribution in [-0.4, -0.2) is 74.4 Å². The second-order valence-electron chi connectivity index (χ2n) is 7.08. The number of amides is 1. The fourth-order valence-corrected chi connectivity index (χ4v) is 4.74. The van der Waals surface area contributed by atoms with Gasteiger partial charge in [-0.2, -0.15) is 4.31 Å². The second-order valence-corrected chi connectivity index (χ2v) is 9.05. The molecule has 0 unspecified atom stereocenters. The molecule has 10 nitrogen and oxygen atoms in total. The molecule has 1 aliphatic rings. The van der Waals surface area contributed by atoms with E-state index in [-0.39, 0.29) is 35.6 Å². The summed E-state index contributed by atoms with van der Waals surface area (Å²) >= 11 is 0. The summed E-state index contributed by atoms with van der Waals surface area (Å²) in [6, 6.07) is 8.90. The summed E-state index contributed by atoms with van der Waals surface area (Å²) < 4.78 is 31.5. The van der Waals surface area contributed by atoms with Gasteiger partial charge in [0.2, 0.25) is 10.0 Å². The fourth-order valence-electron chi connectivity index (χ4n) is 3.32. The summed E-state index contributed by atoms with van der Waals surface area (Å²) in [5, 5.41) is 9.58. The van der Waals surface area contributed by atoms with Gasteiger partial charge in [-0.15, -0.1) is 24.0 Å². The standard InChI is InChI=1S/C20H28N6O4S.HI/c1-3-22-20(23-14-16-5-4-6-17(13-16)19(27)21-2)25-8-10-26(11-9-25)31(28,29)15-18-7-12-30-24-18;/h4-7,12-13H,3,8-11,14-15H2,1-2H3,(H,21,27)(H,22,23);1H. The Morgan fingerprint density at radius 3 is 2.59 bits per heavy atom. The van der Waals surface area contributed by atoms with Crippen LogP contribution in [0.25, 0.3) is 0 Å². The first-order chi connectivity index (χ1) is 14.9. The molecule has 0 saturated carbocycles. The van der Waals surface area contributed by atoms with Crippen molar-refractivity contribution in [3.8, 4) is 0 Å². The highest BCUT2D eigenvalue weighted by atomic mass is 127. The van der Waals surface area contributed by atoms with E-state index >= 15 is 0 Å². The van der Waals surface area contributed by atoms with Crippen LogP contribution in [0.4, 0.5) is 0 Å². The van der Waals surface area contributed by atoms with E-state index in [1.807, 2.05) is 30.0 Å². The lowest BCUT2D eigenvalue weighted by Gasteiger charge is -2.35. The zero-order chi connectivity index (χ0) is 22.3. The lowest BCUT2D eigenvalue weighted by Crippen LogP contribution is -2.53. The van der Waals surface area contributed by atoms with E-state index in [2.05, 4.69) is 15.8 Å². The van der Waals surface area contributed by atoms with E-state index in [1.165, 1.54) is 10.6 Å². The van der Waals surface area contributed by atoms with Crippen LogP contribution < -0.4 is 10.6 Å². The molecule has 1 aliphatic heterocycles. The minimum atomic E-state index is -3.45. The third-order valence-electron chi connectivity index (χ3n) is 4.92. The first-order valence-corrected chi connectivity index (χ1v) is 11.7. The molecule has 1 aromatic heterocycles. The molecule has 32 heavy (non-hydrogen) atoms. The summed E-state index contributed by atoms with van der Waals surface area (Å²) in [4.78, 5) is 18.6. The third-order valence-corrected chi connectivity index (χ3v) is 6.73. The number of aromatic nitrogens is 1. The van der Waals surface area contributed by atoms with Crippen molar-refractivity contribution in [2.24, 2.45) is 4.99 Å². The van der Waals surface area contributed by atoms with Gasteiger partial charge in [-0.05, 0) is 24.6 Å². The lowest BCUT2D eigenvalue weighted by molar-refractivity contribution is 0.0963. The number of sulfonamides is 1.